The molecule has 0 aromatic carbocycles. The Morgan fingerprint density at radius 1 is 0.946 bits per heavy atom. The van der Waals surface area contributed by atoms with E-state index < -0.39 is 24.5 Å². The molecule has 1 aromatic rings. The van der Waals surface area contributed by atoms with Gasteiger partial charge in [-0.1, -0.05) is 78.1 Å². The average Bonchev–Trinajstić information content (AvgIpc) is 3.37. The number of carbonyl (C=O) groups is 2. The lowest BCUT2D eigenvalue weighted by Gasteiger charge is -2.22. The predicted molar refractivity (Wildman–Crippen MR) is 140 cm³/mol. The third kappa shape index (κ3) is 9.60. The molecular formula is C27H44ClN3O6. The Hall–Kier alpha value is -2.13. The van der Waals surface area contributed by atoms with Gasteiger partial charge in [0.25, 0.3) is 0 Å². The fraction of sp³-hybridized carbons (Fsp3) is 0.778. The van der Waals surface area contributed by atoms with E-state index in [0.29, 0.717) is 12.8 Å². The van der Waals surface area contributed by atoms with Crippen LogP contribution in [0.3, 0.4) is 0 Å². The summed E-state index contributed by atoms with van der Waals surface area (Å²) in [6.45, 7) is 4.36. The van der Waals surface area contributed by atoms with Crippen molar-refractivity contribution < 1.29 is 28.5 Å². The van der Waals surface area contributed by atoms with Gasteiger partial charge < -0.3 is 18.9 Å². The zero-order valence-electron chi connectivity index (χ0n) is 22.3. The average molecular weight is 542 g/mol. The van der Waals surface area contributed by atoms with Gasteiger partial charge in [0.1, 0.15) is 12.7 Å². The molecule has 0 bridgehead atoms. The first-order valence-electron chi connectivity index (χ1n) is 13.8. The van der Waals surface area contributed by atoms with Crippen LogP contribution in [0.1, 0.15) is 110 Å². The zero-order valence-corrected chi connectivity index (χ0v) is 23.1. The molecular weight excluding hydrogens is 498 g/mol. The number of rotatable bonds is 17. The minimum absolute atomic E-state index is 0. The summed E-state index contributed by atoms with van der Waals surface area (Å²) in [7, 11) is 0. The molecule has 1 aromatic heterocycles. The van der Waals surface area contributed by atoms with Gasteiger partial charge in [0.2, 0.25) is 0 Å². The summed E-state index contributed by atoms with van der Waals surface area (Å²) in [6.07, 6.45) is 13.0. The molecule has 10 heteroatoms. The Kier molecular flexibility index (Phi) is 14.0. The van der Waals surface area contributed by atoms with Crippen molar-refractivity contribution in [3.8, 4) is 6.01 Å². The molecule has 1 saturated heterocycles. The van der Waals surface area contributed by atoms with Crippen molar-refractivity contribution in [2.75, 3.05) is 6.61 Å². The van der Waals surface area contributed by atoms with E-state index in [1.54, 1.807) is 16.8 Å². The molecule has 210 valence electrons. The molecule has 0 amide bonds. The molecule has 9 nitrogen and oxygen atoms in total. The number of hydrogen-bond acceptors (Lipinski definition) is 8. The second-order valence-corrected chi connectivity index (χ2v) is 9.82. The molecule has 0 spiro atoms. The molecule has 3 heterocycles. The lowest BCUT2D eigenvalue weighted by Crippen LogP contribution is -2.40. The second-order valence-electron chi connectivity index (χ2n) is 9.82. The maximum absolute atomic E-state index is 12.6. The minimum atomic E-state index is -0.722. The molecule has 2 aliphatic rings. The van der Waals surface area contributed by atoms with E-state index >= 15 is 0 Å². The molecule has 0 aliphatic carbocycles. The van der Waals surface area contributed by atoms with E-state index in [4.69, 9.17) is 24.4 Å². The van der Waals surface area contributed by atoms with Gasteiger partial charge in [-0.15, -0.1) is 12.4 Å². The molecule has 37 heavy (non-hydrogen) atoms. The van der Waals surface area contributed by atoms with Gasteiger partial charge in [0, 0.05) is 19.0 Å². The molecule has 0 radical (unpaired) electrons. The highest BCUT2D eigenvalue weighted by Crippen LogP contribution is 2.40. The standard InChI is InChI=1S/C27H43N3O6.ClH/c1-3-5-7-9-11-13-15-22(31)33-19-20-24(35-23(32)16-14-12-10-8-6-4-2)25-26(34-20)30-18-17-21(28)29-27(30)36-25;/h17-18,20,24-26,28H,3-16,19H2,1-2H3;1H/t20-,24-,25+,26-;/m1./s1. The van der Waals surface area contributed by atoms with E-state index in [2.05, 4.69) is 18.8 Å². The van der Waals surface area contributed by atoms with Gasteiger partial charge in [0.15, 0.2) is 23.9 Å². The van der Waals surface area contributed by atoms with Gasteiger partial charge >= 0.3 is 17.9 Å². The number of unbranched alkanes of at least 4 members (excludes halogenated alkanes) is 10. The summed E-state index contributed by atoms with van der Waals surface area (Å²) in [4.78, 5) is 29.0. The molecule has 1 fully saturated rings. The third-order valence-corrected chi connectivity index (χ3v) is 6.78. The summed E-state index contributed by atoms with van der Waals surface area (Å²) in [5, 5.41) is 7.74. The molecule has 3 rings (SSSR count). The van der Waals surface area contributed by atoms with Crippen molar-refractivity contribution in [3.05, 3.63) is 17.8 Å². The molecule has 1 N–H and O–H groups in total. The number of nitrogens with zero attached hydrogens (tertiary/aromatic N) is 2. The van der Waals surface area contributed by atoms with Gasteiger partial charge in [-0.2, -0.15) is 4.98 Å². The fourth-order valence-corrected chi connectivity index (χ4v) is 4.71. The van der Waals surface area contributed by atoms with Crippen LogP contribution in [0.4, 0.5) is 0 Å². The van der Waals surface area contributed by atoms with Crippen molar-refractivity contribution >= 4 is 24.3 Å². The third-order valence-electron chi connectivity index (χ3n) is 6.78. The van der Waals surface area contributed by atoms with E-state index in [1.165, 1.54) is 38.5 Å². The van der Waals surface area contributed by atoms with E-state index in [9.17, 15) is 9.59 Å². The smallest absolute Gasteiger partial charge is 0.306 e. The predicted octanol–water partition coefficient (Wildman–Crippen LogP) is 5.40. The van der Waals surface area contributed by atoms with Crippen molar-refractivity contribution in [3.63, 3.8) is 0 Å². The highest BCUT2D eigenvalue weighted by molar-refractivity contribution is 5.85. The normalized spacial score (nSPS) is 21.5. The number of nitrogens with one attached hydrogen (secondary N) is 1. The van der Waals surface area contributed by atoms with Crippen LogP contribution in [-0.4, -0.2) is 46.4 Å². The second kappa shape index (κ2) is 16.7. The highest BCUT2D eigenvalue weighted by Gasteiger charge is 2.54. The van der Waals surface area contributed by atoms with Crippen LogP contribution in [0.5, 0.6) is 6.01 Å². The Balaban J connectivity index is 0.00000481. The largest absolute Gasteiger partial charge is 0.463 e. The van der Waals surface area contributed by atoms with Gasteiger partial charge in [-0.25, -0.2) is 0 Å². The number of ether oxygens (including phenoxy) is 4. The Morgan fingerprint density at radius 3 is 2.19 bits per heavy atom. The van der Waals surface area contributed by atoms with Gasteiger partial charge in [-0.3, -0.25) is 19.6 Å². The zero-order chi connectivity index (χ0) is 25.8. The first-order chi connectivity index (χ1) is 17.5. The van der Waals surface area contributed by atoms with Gasteiger partial charge in [-0.05, 0) is 18.9 Å². The van der Waals surface area contributed by atoms with Crippen molar-refractivity contribution in [2.24, 2.45) is 0 Å². The summed E-state index contributed by atoms with van der Waals surface area (Å²) in [5.41, 5.74) is 0.0815. The number of aromatic nitrogens is 2. The van der Waals surface area contributed by atoms with Crippen LogP contribution < -0.4 is 10.2 Å². The summed E-state index contributed by atoms with van der Waals surface area (Å²) >= 11 is 0. The Morgan fingerprint density at radius 2 is 1.54 bits per heavy atom. The quantitative estimate of drug-likeness (QED) is 0.207. The monoisotopic (exact) mass is 541 g/mol. The summed E-state index contributed by atoms with van der Waals surface area (Å²) < 4.78 is 25.1. The van der Waals surface area contributed by atoms with Crippen molar-refractivity contribution in [1.82, 2.24) is 9.55 Å². The maximum Gasteiger partial charge on any atom is 0.306 e. The van der Waals surface area contributed by atoms with Crippen LogP contribution in [0.25, 0.3) is 0 Å². The minimum Gasteiger partial charge on any atom is -0.463 e. The first kappa shape index (κ1) is 31.1. The van der Waals surface area contributed by atoms with Crippen LogP contribution >= 0.6 is 12.4 Å². The molecule has 2 aliphatic heterocycles. The van der Waals surface area contributed by atoms with Crippen molar-refractivity contribution in [1.29, 1.82) is 5.41 Å². The van der Waals surface area contributed by atoms with Gasteiger partial charge in [0.05, 0.1) is 0 Å². The molecule has 0 unspecified atom stereocenters. The number of fused-ring (bicyclic) bond motifs is 3. The maximum atomic E-state index is 12.6. The topological polar surface area (TPSA) is 113 Å². The lowest BCUT2D eigenvalue weighted by molar-refractivity contribution is -0.160. The number of carbonyl (C=O) groups excluding carboxylic acids is 2. The van der Waals surface area contributed by atoms with Crippen LogP contribution in [0.15, 0.2) is 12.3 Å². The van der Waals surface area contributed by atoms with E-state index in [-0.39, 0.29) is 42.5 Å². The molecule has 4 atom stereocenters. The van der Waals surface area contributed by atoms with Crippen LogP contribution in [-0.2, 0) is 23.8 Å². The number of esters is 2. The van der Waals surface area contributed by atoms with Crippen LogP contribution in [0, 0.1) is 5.41 Å². The Labute approximate surface area is 226 Å². The van der Waals surface area contributed by atoms with Crippen molar-refractivity contribution in [2.45, 2.75) is 128 Å². The molecule has 0 saturated carbocycles. The lowest BCUT2D eigenvalue weighted by atomic mass is 10.1. The number of halogens is 1. The SMILES string of the molecule is CCCCCCCCC(=O)OC[C@H]1O[C@@H]2[C@@H](Oc3nc(=N)ccn32)[C@@H]1OC(=O)CCCCCCCC.Cl. The van der Waals surface area contributed by atoms with E-state index in [1.807, 2.05) is 0 Å². The van der Waals surface area contributed by atoms with E-state index in [0.717, 1.165) is 38.5 Å². The fourth-order valence-electron chi connectivity index (χ4n) is 4.71. The first-order valence-corrected chi connectivity index (χ1v) is 13.8. The summed E-state index contributed by atoms with van der Waals surface area (Å²) in [6, 6.07) is 1.81. The Bertz CT molecular complexity index is 895. The highest BCUT2D eigenvalue weighted by atomic mass is 35.5. The van der Waals surface area contributed by atoms with Crippen LogP contribution in [0.2, 0.25) is 0 Å². The number of hydrogen-bond donors (Lipinski definition) is 1. The summed E-state index contributed by atoms with van der Waals surface area (Å²) in [5.74, 6) is -0.570.